The van der Waals surface area contributed by atoms with E-state index in [0.717, 1.165) is 62.5 Å². The van der Waals surface area contributed by atoms with Gasteiger partial charge in [0.1, 0.15) is 13.2 Å². The number of ether oxygens (including phenoxy) is 5. The molecule has 1 aromatic carbocycles. The Kier molecular flexibility index (Phi) is 36.6. The van der Waals surface area contributed by atoms with Crippen molar-refractivity contribution in [3.05, 3.63) is 34.9 Å². The molecule has 0 heterocycles. The summed E-state index contributed by atoms with van der Waals surface area (Å²) < 4.78 is 28.9. The van der Waals surface area contributed by atoms with Crippen LogP contribution in [0.3, 0.4) is 0 Å². The lowest BCUT2D eigenvalue weighted by Gasteiger charge is -2.19. The maximum absolute atomic E-state index is 12.8. The molecule has 0 spiro atoms. The number of rotatable bonds is 42. The molecule has 0 saturated heterocycles. The molecule has 1 rings (SSSR count). The van der Waals surface area contributed by atoms with E-state index in [4.69, 9.17) is 23.7 Å². The SMILES string of the molecule is CCCCCCCCOC(CCC(=O)OCc1cc(CO)cc(COC(=O)CCCCCCC(=O)OCCC(CCCCC)CCCCC)c1)OCCCCCCCC. The zero-order valence-corrected chi connectivity index (χ0v) is 38.3. The van der Waals surface area contributed by atoms with E-state index in [1.54, 1.807) is 12.1 Å². The van der Waals surface area contributed by atoms with Gasteiger partial charge < -0.3 is 28.8 Å². The van der Waals surface area contributed by atoms with Gasteiger partial charge in [0.05, 0.1) is 19.6 Å². The number of aliphatic hydroxyl groups excluding tert-OH is 1. The molecule has 9 nitrogen and oxygen atoms in total. The van der Waals surface area contributed by atoms with Crippen molar-refractivity contribution in [2.24, 2.45) is 5.92 Å². The van der Waals surface area contributed by atoms with Crippen molar-refractivity contribution in [3.8, 4) is 0 Å². The average Bonchev–Trinajstić information content (AvgIpc) is 3.24. The van der Waals surface area contributed by atoms with E-state index in [9.17, 15) is 19.5 Å². The summed E-state index contributed by atoms with van der Waals surface area (Å²) in [5.74, 6) is -0.0862. The van der Waals surface area contributed by atoms with Gasteiger partial charge in [-0.15, -0.1) is 0 Å². The highest BCUT2D eigenvalue weighted by atomic mass is 16.7. The molecule has 0 fully saturated rings. The number of hydrogen-bond acceptors (Lipinski definition) is 9. The first-order chi connectivity index (χ1) is 28.8. The third kappa shape index (κ3) is 32.9. The summed E-state index contributed by atoms with van der Waals surface area (Å²) in [6, 6.07) is 5.43. The summed E-state index contributed by atoms with van der Waals surface area (Å²) in [6.07, 6.45) is 29.2. The van der Waals surface area contributed by atoms with Crippen molar-refractivity contribution in [1.29, 1.82) is 0 Å². The molecule has 342 valence electrons. The van der Waals surface area contributed by atoms with E-state index < -0.39 is 6.29 Å². The molecule has 0 bridgehead atoms. The second-order valence-electron chi connectivity index (χ2n) is 16.7. The number of unbranched alkanes of at least 4 members (excludes halogenated alkanes) is 17. The Labute approximate surface area is 360 Å². The summed E-state index contributed by atoms with van der Waals surface area (Å²) in [7, 11) is 0. The molecule has 0 aliphatic carbocycles. The molecule has 1 aromatic rings. The van der Waals surface area contributed by atoms with E-state index in [0.29, 0.717) is 57.0 Å². The predicted octanol–water partition coefficient (Wildman–Crippen LogP) is 13.2. The van der Waals surface area contributed by atoms with Gasteiger partial charge in [0.2, 0.25) is 0 Å². The Morgan fingerprint density at radius 3 is 1.34 bits per heavy atom. The highest BCUT2D eigenvalue weighted by Crippen LogP contribution is 2.22. The minimum atomic E-state index is -0.426. The third-order valence-electron chi connectivity index (χ3n) is 11.0. The molecule has 0 unspecified atom stereocenters. The van der Waals surface area contributed by atoms with Gasteiger partial charge in [-0.3, -0.25) is 14.4 Å². The number of carbonyl (C=O) groups excluding carboxylic acids is 3. The van der Waals surface area contributed by atoms with E-state index in [-0.39, 0.29) is 44.1 Å². The molecule has 0 radical (unpaired) electrons. The standard InChI is InChI=1S/C50H88O9/c1-5-9-13-15-19-25-34-56-50(57-35-26-20-16-14-10-6-2)32-31-49(54)59-42-46-38-44(40-51)37-45(39-46)41-58-48(53)30-24-18-17-23-29-47(52)55-36-33-43(27-21-11-7-3)28-22-12-8-4/h37-39,43,50-51H,5-36,40-42H2,1-4H3. The fourth-order valence-electron chi connectivity index (χ4n) is 7.32. The van der Waals surface area contributed by atoms with Crippen LogP contribution in [0.25, 0.3) is 0 Å². The smallest absolute Gasteiger partial charge is 0.306 e. The average molecular weight is 833 g/mol. The number of carbonyl (C=O) groups is 3. The fourth-order valence-corrected chi connectivity index (χ4v) is 7.32. The Hall–Kier alpha value is -2.49. The number of hydrogen-bond donors (Lipinski definition) is 1. The van der Waals surface area contributed by atoms with Crippen LogP contribution >= 0.6 is 0 Å². The van der Waals surface area contributed by atoms with E-state index in [2.05, 4.69) is 27.7 Å². The Balaban J connectivity index is 2.39. The van der Waals surface area contributed by atoms with Crippen LogP contribution in [0, 0.1) is 5.92 Å². The van der Waals surface area contributed by atoms with Crippen LogP contribution < -0.4 is 0 Å². The predicted molar refractivity (Wildman–Crippen MR) is 239 cm³/mol. The summed E-state index contributed by atoms with van der Waals surface area (Å²) >= 11 is 0. The molecule has 0 aromatic heterocycles. The normalized spacial score (nSPS) is 11.4. The molecule has 9 heteroatoms. The number of esters is 3. The maximum atomic E-state index is 12.8. The summed E-state index contributed by atoms with van der Waals surface area (Å²) in [5.41, 5.74) is 2.12. The molecule has 0 atom stereocenters. The Morgan fingerprint density at radius 1 is 0.441 bits per heavy atom. The Bertz CT molecular complexity index is 1130. The van der Waals surface area contributed by atoms with Crippen LogP contribution in [0.15, 0.2) is 18.2 Å². The lowest BCUT2D eigenvalue weighted by atomic mass is 9.92. The third-order valence-corrected chi connectivity index (χ3v) is 11.0. The highest BCUT2D eigenvalue weighted by molar-refractivity contribution is 5.70. The Morgan fingerprint density at radius 2 is 0.847 bits per heavy atom. The zero-order chi connectivity index (χ0) is 43.0. The van der Waals surface area contributed by atoms with Gasteiger partial charge in [-0.05, 0) is 60.8 Å². The lowest BCUT2D eigenvalue weighted by Crippen LogP contribution is -2.21. The van der Waals surface area contributed by atoms with Crippen molar-refractivity contribution in [1.82, 2.24) is 0 Å². The quantitative estimate of drug-likeness (QED) is 0.0297. The van der Waals surface area contributed by atoms with Crippen molar-refractivity contribution >= 4 is 17.9 Å². The van der Waals surface area contributed by atoms with Gasteiger partial charge in [-0.1, -0.05) is 168 Å². The monoisotopic (exact) mass is 833 g/mol. The van der Waals surface area contributed by atoms with Crippen molar-refractivity contribution < 1.29 is 43.2 Å². The van der Waals surface area contributed by atoms with Gasteiger partial charge in [-0.2, -0.15) is 0 Å². The maximum Gasteiger partial charge on any atom is 0.306 e. The number of aliphatic hydroxyl groups is 1. The van der Waals surface area contributed by atoms with E-state index in [1.165, 1.54) is 103 Å². The molecule has 0 amide bonds. The van der Waals surface area contributed by atoms with Crippen LogP contribution in [0.1, 0.15) is 231 Å². The van der Waals surface area contributed by atoms with Gasteiger partial charge in [0.15, 0.2) is 6.29 Å². The van der Waals surface area contributed by atoms with Crippen molar-refractivity contribution in [2.75, 3.05) is 19.8 Å². The van der Waals surface area contributed by atoms with Crippen molar-refractivity contribution in [3.63, 3.8) is 0 Å². The molecule has 1 N–H and O–H groups in total. The first-order valence-electron chi connectivity index (χ1n) is 24.3. The second kappa shape index (κ2) is 39.6. The van der Waals surface area contributed by atoms with Gasteiger partial charge >= 0.3 is 17.9 Å². The molecule has 0 aliphatic heterocycles. The molecular weight excluding hydrogens is 745 g/mol. The number of benzene rings is 1. The van der Waals surface area contributed by atoms with E-state index in [1.807, 2.05) is 6.07 Å². The summed E-state index contributed by atoms with van der Waals surface area (Å²) in [4.78, 5) is 37.6. The largest absolute Gasteiger partial charge is 0.466 e. The second-order valence-corrected chi connectivity index (χ2v) is 16.7. The topological polar surface area (TPSA) is 118 Å². The van der Waals surface area contributed by atoms with Crippen LogP contribution in [-0.4, -0.2) is 49.1 Å². The van der Waals surface area contributed by atoms with E-state index >= 15 is 0 Å². The highest BCUT2D eigenvalue weighted by Gasteiger charge is 2.15. The molecule has 59 heavy (non-hydrogen) atoms. The van der Waals surface area contributed by atoms with Gasteiger partial charge in [-0.25, -0.2) is 0 Å². The van der Waals surface area contributed by atoms with Crippen molar-refractivity contribution in [2.45, 2.75) is 240 Å². The molecular formula is C50H88O9. The van der Waals surface area contributed by atoms with Crippen LogP contribution in [-0.2, 0) is 57.9 Å². The van der Waals surface area contributed by atoms with Gasteiger partial charge in [0.25, 0.3) is 0 Å². The van der Waals surface area contributed by atoms with Crippen LogP contribution in [0.4, 0.5) is 0 Å². The summed E-state index contributed by atoms with van der Waals surface area (Å²) in [5, 5.41) is 9.86. The first-order valence-corrected chi connectivity index (χ1v) is 24.3. The van der Waals surface area contributed by atoms with Crippen LogP contribution in [0.2, 0.25) is 0 Å². The minimum absolute atomic E-state index is 0.0572. The first kappa shape index (κ1) is 54.5. The fraction of sp³-hybridized carbons (Fsp3) is 0.820. The lowest BCUT2D eigenvalue weighted by molar-refractivity contribution is -0.160. The molecule has 0 aliphatic rings. The summed E-state index contributed by atoms with van der Waals surface area (Å²) in [6.45, 7) is 10.6. The van der Waals surface area contributed by atoms with Gasteiger partial charge in [0, 0.05) is 32.5 Å². The van der Waals surface area contributed by atoms with Crippen LogP contribution in [0.5, 0.6) is 0 Å². The minimum Gasteiger partial charge on any atom is -0.466 e. The zero-order valence-electron chi connectivity index (χ0n) is 38.3. The molecule has 0 saturated carbocycles.